The monoisotopic (exact) mass is 196 g/mol. The molecule has 82 valence electrons. The lowest BCUT2D eigenvalue weighted by molar-refractivity contribution is 0.178. The largest absolute Gasteiger partial charge is 0.495 e. The van der Waals surface area contributed by atoms with Crippen LogP contribution in [0.4, 0.5) is 0 Å². The lowest BCUT2D eigenvalue weighted by Gasteiger charge is -2.07. The first kappa shape index (κ1) is 11.6. The van der Waals surface area contributed by atoms with E-state index < -0.39 is 0 Å². The zero-order chi connectivity index (χ0) is 10.4. The van der Waals surface area contributed by atoms with Gasteiger partial charge in [0.2, 0.25) is 0 Å². The third kappa shape index (κ3) is 3.73. The fraction of sp³-hybridized carbons (Fsp3) is 0.846. The lowest BCUT2D eigenvalue weighted by atomic mass is 9.96. The second kappa shape index (κ2) is 6.10. The zero-order valence-electron chi connectivity index (χ0n) is 9.72. The van der Waals surface area contributed by atoms with Crippen molar-refractivity contribution in [1.82, 2.24) is 0 Å². The van der Waals surface area contributed by atoms with E-state index in [4.69, 9.17) is 4.74 Å². The molecule has 0 spiro atoms. The number of ether oxygens (including phenoxy) is 1. The van der Waals surface area contributed by atoms with E-state index in [0.717, 1.165) is 5.76 Å². The molecule has 0 aromatic heterocycles. The van der Waals surface area contributed by atoms with Gasteiger partial charge < -0.3 is 4.74 Å². The Kier molecular flexibility index (Phi) is 5.06. The van der Waals surface area contributed by atoms with Crippen LogP contribution in [0, 0.1) is 5.92 Å². The summed E-state index contributed by atoms with van der Waals surface area (Å²) in [7, 11) is 0. The molecule has 1 nitrogen and oxygen atoms in total. The minimum Gasteiger partial charge on any atom is -0.495 e. The molecule has 0 aliphatic carbocycles. The second-order valence-corrected chi connectivity index (χ2v) is 4.53. The van der Waals surface area contributed by atoms with E-state index in [9.17, 15) is 0 Å². The molecule has 0 aromatic rings. The highest BCUT2D eigenvalue weighted by Crippen LogP contribution is 2.32. The first-order chi connectivity index (χ1) is 6.74. The first-order valence-corrected chi connectivity index (χ1v) is 6.09. The van der Waals surface area contributed by atoms with Crippen LogP contribution in [-0.4, -0.2) is 6.10 Å². The predicted octanol–water partition coefficient (Wildman–Crippen LogP) is 4.29. The Hall–Kier alpha value is -0.460. The average Bonchev–Trinajstić information content (AvgIpc) is 2.45. The van der Waals surface area contributed by atoms with Crippen molar-refractivity contribution in [3.8, 4) is 0 Å². The van der Waals surface area contributed by atoms with Crippen LogP contribution < -0.4 is 0 Å². The van der Waals surface area contributed by atoms with Gasteiger partial charge in [0, 0.05) is 5.92 Å². The zero-order valence-corrected chi connectivity index (χ0v) is 9.72. The molecule has 0 amide bonds. The molecule has 1 heteroatoms. The molecule has 1 unspecified atom stereocenters. The summed E-state index contributed by atoms with van der Waals surface area (Å²) in [5.74, 6) is 1.68. The smallest absolute Gasteiger partial charge is 0.0961 e. The molecule has 1 aliphatic heterocycles. The van der Waals surface area contributed by atoms with Gasteiger partial charge in [0.05, 0.1) is 11.9 Å². The molecule has 1 fully saturated rings. The summed E-state index contributed by atoms with van der Waals surface area (Å²) < 4.78 is 5.56. The number of rotatable bonds is 6. The van der Waals surface area contributed by atoms with Crippen molar-refractivity contribution in [3.05, 3.63) is 12.3 Å². The fourth-order valence-corrected chi connectivity index (χ4v) is 2.21. The molecule has 1 rings (SSSR count). The van der Waals surface area contributed by atoms with Gasteiger partial charge in [-0.1, -0.05) is 45.6 Å². The fourth-order valence-electron chi connectivity index (χ4n) is 2.21. The summed E-state index contributed by atoms with van der Waals surface area (Å²) in [5, 5.41) is 0. The standard InChI is InChI=1S/C13H24O/c1-4-5-6-7-8-9-13-10-11(2)14-12(13)3/h11,13H,3-10H2,1-2H3/t11?,13-/m1/s1. The Balaban J connectivity index is 2.04. The summed E-state index contributed by atoms with van der Waals surface area (Å²) in [6.07, 6.45) is 9.72. The summed E-state index contributed by atoms with van der Waals surface area (Å²) in [5.41, 5.74) is 0. The average molecular weight is 196 g/mol. The Bertz CT molecular complexity index is 174. The summed E-state index contributed by atoms with van der Waals surface area (Å²) in [6.45, 7) is 8.38. The minimum atomic E-state index is 0.406. The molecule has 1 heterocycles. The van der Waals surface area contributed by atoms with E-state index in [0.29, 0.717) is 12.0 Å². The van der Waals surface area contributed by atoms with Crippen LogP contribution in [0.3, 0.4) is 0 Å². The lowest BCUT2D eigenvalue weighted by Crippen LogP contribution is -1.98. The molecular weight excluding hydrogens is 172 g/mol. The normalized spacial score (nSPS) is 26.6. The Morgan fingerprint density at radius 1 is 1.29 bits per heavy atom. The van der Waals surface area contributed by atoms with Crippen molar-refractivity contribution in [1.29, 1.82) is 0 Å². The van der Waals surface area contributed by atoms with Crippen LogP contribution in [0.5, 0.6) is 0 Å². The van der Waals surface area contributed by atoms with Crippen molar-refractivity contribution in [3.63, 3.8) is 0 Å². The van der Waals surface area contributed by atoms with E-state index in [2.05, 4.69) is 20.4 Å². The summed E-state index contributed by atoms with van der Waals surface area (Å²) in [6, 6.07) is 0. The Labute approximate surface area is 88.5 Å². The van der Waals surface area contributed by atoms with Gasteiger partial charge in [0.15, 0.2) is 0 Å². The molecular formula is C13H24O. The highest BCUT2D eigenvalue weighted by molar-refractivity contribution is 4.98. The van der Waals surface area contributed by atoms with Crippen LogP contribution in [0.25, 0.3) is 0 Å². The maximum atomic E-state index is 5.56. The van der Waals surface area contributed by atoms with Gasteiger partial charge in [-0.2, -0.15) is 0 Å². The third-order valence-corrected chi connectivity index (χ3v) is 3.08. The van der Waals surface area contributed by atoms with Crippen molar-refractivity contribution >= 4 is 0 Å². The van der Waals surface area contributed by atoms with E-state index in [-0.39, 0.29) is 0 Å². The van der Waals surface area contributed by atoms with Gasteiger partial charge in [0.1, 0.15) is 0 Å². The highest BCUT2D eigenvalue weighted by atomic mass is 16.5. The van der Waals surface area contributed by atoms with Gasteiger partial charge >= 0.3 is 0 Å². The topological polar surface area (TPSA) is 9.23 Å². The van der Waals surface area contributed by atoms with Crippen LogP contribution in [0.15, 0.2) is 12.3 Å². The van der Waals surface area contributed by atoms with Crippen molar-refractivity contribution in [2.75, 3.05) is 0 Å². The molecule has 0 radical (unpaired) electrons. The minimum absolute atomic E-state index is 0.406. The van der Waals surface area contributed by atoms with Crippen LogP contribution in [-0.2, 0) is 4.74 Å². The van der Waals surface area contributed by atoms with Crippen molar-refractivity contribution in [2.24, 2.45) is 5.92 Å². The number of hydrogen-bond donors (Lipinski definition) is 0. The maximum absolute atomic E-state index is 5.56. The maximum Gasteiger partial charge on any atom is 0.0961 e. The number of unbranched alkanes of at least 4 members (excludes halogenated alkanes) is 4. The molecule has 0 bridgehead atoms. The van der Waals surface area contributed by atoms with Crippen LogP contribution >= 0.6 is 0 Å². The van der Waals surface area contributed by atoms with Crippen LogP contribution in [0.2, 0.25) is 0 Å². The Morgan fingerprint density at radius 2 is 2.00 bits per heavy atom. The molecule has 0 saturated carbocycles. The van der Waals surface area contributed by atoms with Gasteiger partial charge in [0.25, 0.3) is 0 Å². The molecule has 0 aromatic carbocycles. The number of hydrogen-bond acceptors (Lipinski definition) is 1. The van der Waals surface area contributed by atoms with E-state index in [1.165, 1.54) is 44.9 Å². The van der Waals surface area contributed by atoms with Crippen molar-refractivity contribution in [2.45, 2.75) is 64.9 Å². The Morgan fingerprint density at radius 3 is 2.57 bits per heavy atom. The number of allylic oxidation sites excluding steroid dienone is 1. The predicted molar refractivity (Wildman–Crippen MR) is 61.2 cm³/mol. The van der Waals surface area contributed by atoms with E-state index >= 15 is 0 Å². The van der Waals surface area contributed by atoms with E-state index in [1.807, 2.05) is 0 Å². The molecule has 1 aliphatic rings. The quantitative estimate of drug-likeness (QED) is 0.576. The molecule has 0 N–H and O–H groups in total. The van der Waals surface area contributed by atoms with Crippen LogP contribution in [0.1, 0.15) is 58.8 Å². The molecule has 14 heavy (non-hydrogen) atoms. The SMILES string of the molecule is C=C1OC(C)C[C@H]1CCCCCCC. The van der Waals surface area contributed by atoms with Gasteiger partial charge in [-0.25, -0.2) is 0 Å². The second-order valence-electron chi connectivity index (χ2n) is 4.53. The van der Waals surface area contributed by atoms with Gasteiger partial charge in [-0.15, -0.1) is 0 Å². The van der Waals surface area contributed by atoms with E-state index in [1.54, 1.807) is 0 Å². The third-order valence-electron chi connectivity index (χ3n) is 3.08. The van der Waals surface area contributed by atoms with Gasteiger partial charge in [-0.05, 0) is 19.8 Å². The first-order valence-electron chi connectivity index (χ1n) is 6.09. The highest BCUT2D eigenvalue weighted by Gasteiger charge is 2.25. The summed E-state index contributed by atoms with van der Waals surface area (Å²) >= 11 is 0. The molecule has 2 atom stereocenters. The molecule has 1 saturated heterocycles. The van der Waals surface area contributed by atoms with Crippen molar-refractivity contribution < 1.29 is 4.74 Å². The summed E-state index contributed by atoms with van der Waals surface area (Å²) in [4.78, 5) is 0. The van der Waals surface area contributed by atoms with Gasteiger partial charge in [-0.3, -0.25) is 0 Å².